The Bertz CT molecular complexity index is 798. The summed E-state index contributed by atoms with van der Waals surface area (Å²) in [6.07, 6.45) is 11.3. The Morgan fingerprint density at radius 1 is 1.00 bits per heavy atom. The van der Waals surface area contributed by atoms with Gasteiger partial charge in [-0.25, -0.2) is 0 Å². The molecule has 0 amide bonds. The second-order valence-electron chi connectivity index (χ2n) is 14.6. The van der Waals surface area contributed by atoms with Crippen molar-refractivity contribution in [3.8, 4) is 0 Å². The number of Topliss-reactive ketones (excluding diaryl/α,β-unsaturated/α-hetero) is 1. The van der Waals surface area contributed by atoms with Gasteiger partial charge in [-0.15, -0.1) is 0 Å². The molecule has 0 spiro atoms. The van der Waals surface area contributed by atoms with Crippen molar-refractivity contribution in [2.24, 2.45) is 46.3 Å². The van der Waals surface area contributed by atoms with Crippen molar-refractivity contribution in [2.45, 2.75) is 136 Å². The van der Waals surface area contributed by atoms with Gasteiger partial charge in [0.2, 0.25) is 0 Å². The van der Waals surface area contributed by atoms with Crippen LogP contribution in [0.25, 0.3) is 0 Å². The minimum Gasteiger partial charge on any atom is -0.390 e. The summed E-state index contributed by atoms with van der Waals surface area (Å²) in [5.41, 5.74) is -0.135. The quantitative estimate of drug-likeness (QED) is 0.492. The molecule has 1 N–H and O–H groups in total. The van der Waals surface area contributed by atoms with Crippen LogP contribution in [0, 0.1) is 46.3 Å². The molecule has 1 saturated heterocycles. The van der Waals surface area contributed by atoms with E-state index in [1.54, 1.807) is 0 Å². The molecule has 194 valence electrons. The standard InChI is InChI=1S/C30H50O4/c1-18(9-8-14-27(2,3)32)20-10-11-21-19-17-23(31)25-26-24(33-28(4,5)34-26)13-16-30(25,7)22(19)12-15-29(20,21)6/h18-22,24-26,32H,8-17H2,1-7H3/t18-,19+,20-,21+,22+,24+,25?,26+,29-,30-/m1/s1. The molecule has 4 aliphatic carbocycles. The highest BCUT2D eigenvalue weighted by atomic mass is 16.8. The van der Waals surface area contributed by atoms with Gasteiger partial charge < -0.3 is 14.6 Å². The molecule has 5 aliphatic rings. The normalized spacial score (nSPS) is 48.6. The highest BCUT2D eigenvalue weighted by Gasteiger charge is 2.66. The van der Waals surface area contributed by atoms with Gasteiger partial charge in [0.1, 0.15) is 5.78 Å². The lowest BCUT2D eigenvalue weighted by atomic mass is 9.43. The summed E-state index contributed by atoms with van der Waals surface area (Å²) in [4.78, 5) is 13.8. The molecule has 0 aromatic rings. The average Bonchev–Trinajstić information content (AvgIpc) is 3.21. The van der Waals surface area contributed by atoms with Gasteiger partial charge in [0.25, 0.3) is 0 Å². The molecule has 10 atom stereocenters. The van der Waals surface area contributed by atoms with Crippen LogP contribution in [0.1, 0.15) is 113 Å². The zero-order chi connectivity index (χ0) is 24.7. The van der Waals surface area contributed by atoms with Crippen molar-refractivity contribution in [3.63, 3.8) is 0 Å². The van der Waals surface area contributed by atoms with Crippen LogP contribution in [0.3, 0.4) is 0 Å². The van der Waals surface area contributed by atoms with E-state index < -0.39 is 11.4 Å². The van der Waals surface area contributed by atoms with Crippen LogP contribution in [0.15, 0.2) is 0 Å². The summed E-state index contributed by atoms with van der Waals surface area (Å²) in [6.45, 7) is 15.3. The second kappa shape index (κ2) is 8.28. The molecule has 4 nitrogen and oxygen atoms in total. The fraction of sp³-hybridized carbons (Fsp3) is 0.967. The van der Waals surface area contributed by atoms with E-state index in [0.717, 1.165) is 38.0 Å². The molecule has 4 heteroatoms. The summed E-state index contributed by atoms with van der Waals surface area (Å²) in [5, 5.41) is 10.1. The molecule has 0 radical (unpaired) electrons. The summed E-state index contributed by atoms with van der Waals surface area (Å²) in [5.74, 6) is 3.23. The number of rotatable bonds is 5. The molecule has 5 fully saturated rings. The van der Waals surface area contributed by atoms with Crippen molar-refractivity contribution in [3.05, 3.63) is 0 Å². The minimum absolute atomic E-state index is 0.0107. The SMILES string of the molecule is C[C@H](CCCC(C)(C)O)[C@H]1CC[C@H]2[C@@H]3CC(=O)C4[C@H]5OC(C)(C)O[C@H]5CC[C@]4(C)[C@H]3CC[C@]12C. The summed E-state index contributed by atoms with van der Waals surface area (Å²) in [6, 6.07) is 0. The van der Waals surface area contributed by atoms with Crippen LogP contribution in [-0.2, 0) is 14.3 Å². The first kappa shape index (κ1) is 25.2. The predicted octanol–water partition coefficient (Wildman–Crippen LogP) is 6.53. The van der Waals surface area contributed by atoms with Gasteiger partial charge in [0.05, 0.1) is 23.7 Å². The molecular formula is C30H50O4. The van der Waals surface area contributed by atoms with E-state index in [0.29, 0.717) is 34.9 Å². The fourth-order valence-electron chi connectivity index (χ4n) is 10.1. The maximum Gasteiger partial charge on any atom is 0.163 e. The Labute approximate surface area is 207 Å². The van der Waals surface area contributed by atoms with Crippen molar-refractivity contribution in [1.29, 1.82) is 0 Å². The minimum atomic E-state index is -0.567. The molecule has 0 aromatic heterocycles. The Kier molecular flexibility index (Phi) is 6.14. The lowest BCUT2D eigenvalue weighted by molar-refractivity contribution is -0.178. The van der Waals surface area contributed by atoms with E-state index in [9.17, 15) is 9.90 Å². The topological polar surface area (TPSA) is 55.8 Å². The molecular weight excluding hydrogens is 424 g/mol. The van der Waals surface area contributed by atoms with Crippen molar-refractivity contribution in [2.75, 3.05) is 0 Å². The number of hydrogen-bond acceptors (Lipinski definition) is 4. The van der Waals surface area contributed by atoms with E-state index in [2.05, 4.69) is 20.8 Å². The third kappa shape index (κ3) is 4.02. The van der Waals surface area contributed by atoms with Gasteiger partial charge in [0.15, 0.2) is 5.79 Å². The Balaban J connectivity index is 1.33. The number of hydrogen-bond donors (Lipinski definition) is 1. The highest BCUT2D eigenvalue weighted by molar-refractivity contribution is 5.84. The maximum absolute atomic E-state index is 13.8. The second-order valence-corrected chi connectivity index (χ2v) is 14.6. The Hall–Kier alpha value is -0.450. The Morgan fingerprint density at radius 2 is 1.68 bits per heavy atom. The van der Waals surface area contributed by atoms with Crippen LogP contribution in [0.5, 0.6) is 0 Å². The van der Waals surface area contributed by atoms with Gasteiger partial charge in [-0.2, -0.15) is 0 Å². The zero-order valence-corrected chi connectivity index (χ0v) is 22.9. The zero-order valence-electron chi connectivity index (χ0n) is 22.9. The largest absolute Gasteiger partial charge is 0.390 e. The van der Waals surface area contributed by atoms with Gasteiger partial charge in [-0.1, -0.05) is 33.6 Å². The molecule has 1 heterocycles. The molecule has 0 bridgehead atoms. The lowest BCUT2D eigenvalue weighted by Gasteiger charge is -2.61. The number of ketones is 1. The van der Waals surface area contributed by atoms with Crippen molar-refractivity contribution >= 4 is 5.78 Å². The van der Waals surface area contributed by atoms with E-state index in [1.165, 1.54) is 32.1 Å². The van der Waals surface area contributed by atoms with E-state index in [-0.39, 0.29) is 23.5 Å². The number of aliphatic hydroxyl groups is 1. The van der Waals surface area contributed by atoms with Crippen molar-refractivity contribution in [1.82, 2.24) is 0 Å². The predicted molar refractivity (Wildman–Crippen MR) is 134 cm³/mol. The van der Waals surface area contributed by atoms with Crippen LogP contribution in [0.2, 0.25) is 0 Å². The summed E-state index contributed by atoms with van der Waals surface area (Å²) < 4.78 is 12.6. The van der Waals surface area contributed by atoms with Gasteiger partial charge in [-0.05, 0) is 113 Å². The van der Waals surface area contributed by atoms with Gasteiger partial charge in [0, 0.05) is 6.42 Å². The fourth-order valence-corrected chi connectivity index (χ4v) is 10.1. The summed E-state index contributed by atoms with van der Waals surface area (Å²) >= 11 is 0. The lowest BCUT2D eigenvalue weighted by Crippen LogP contribution is -2.61. The monoisotopic (exact) mass is 474 g/mol. The van der Waals surface area contributed by atoms with Crippen LogP contribution in [-0.4, -0.2) is 34.5 Å². The smallest absolute Gasteiger partial charge is 0.163 e. The molecule has 4 saturated carbocycles. The molecule has 5 rings (SSSR count). The van der Waals surface area contributed by atoms with Crippen LogP contribution in [0.4, 0.5) is 0 Å². The molecule has 0 aromatic carbocycles. The Morgan fingerprint density at radius 3 is 2.38 bits per heavy atom. The average molecular weight is 475 g/mol. The van der Waals surface area contributed by atoms with Gasteiger partial charge in [-0.3, -0.25) is 4.79 Å². The van der Waals surface area contributed by atoms with E-state index in [4.69, 9.17) is 9.47 Å². The van der Waals surface area contributed by atoms with Gasteiger partial charge >= 0.3 is 0 Å². The van der Waals surface area contributed by atoms with Crippen molar-refractivity contribution < 1.29 is 19.4 Å². The van der Waals surface area contributed by atoms with E-state index in [1.807, 2.05) is 27.7 Å². The molecule has 34 heavy (non-hydrogen) atoms. The number of carbonyl (C=O) groups is 1. The number of fused-ring (bicyclic) bond motifs is 7. The molecule has 1 unspecified atom stereocenters. The van der Waals surface area contributed by atoms with Crippen LogP contribution >= 0.6 is 0 Å². The maximum atomic E-state index is 13.8. The first-order chi connectivity index (χ1) is 15.8. The third-order valence-corrected chi connectivity index (χ3v) is 11.5. The highest BCUT2D eigenvalue weighted by Crippen LogP contribution is 2.68. The van der Waals surface area contributed by atoms with E-state index >= 15 is 0 Å². The first-order valence-electron chi connectivity index (χ1n) is 14.4. The molecule has 1 aliphatic heterocycles. The van der Waals surface area contributed by atoms with Crippen LogP contribution < -0.4 is 0 Å². The number of carbonyl (C=O) groups excluding carboxylic acids is 1. The number of ether oxygens (including phenoxy) is 2. The third-order valence-electron chi connectivity index (χ3n) is 11.5. The first-order valence-corrected chi connectivity index (χ1v) is 14.4. The summed E-state index contributed by atoms with van der Waals surface area (Å²) in [7, 11) is 0.